The Morgan fingerprint density at radius 3 is 2.50 bits per heavy atom. The molecular formula is C14H26N2O4. The van der Waals surface area contributed by atoms with Crippen molar-refractivity contribution < 1.29 is 19.1 Å². The molecule has 116 valence electrons. The molecule has 1 saturated heterocycles. The van der Waals surface area contributed by atoms with Gasteiger partial charge in [-0.2, -0.15) is 0 Å². The van der Waals surface area contributed by atoms with E-state index in [1.807, 2.05) is 25.7 Å². The van der Waals surface area contributed by atoms with Gasteiger partial charge in [-0.3, -0.25) is 14.5 Å². The fourth-order valence-electron chi connectivity index (χ4n) is 2.35. The largest absolute Gasteiger partial charge is 0.469 e. The molecule has 0 spiro atoms. The van der Waals surface area contributed by atoms with Crippen molar-refractivity contribution in [2.75, 3.05) is 20.2 Å². The molecule has 2 N–H and O–H groups in total. The summed E-state index contributed by atoms with van der Waals surface area (Å²) in [7, 11) is 1.37. The number of likely N-dealkylation sites (tertiary alicyclic amines) is 1. The zero-order chi connectivity index (χ0) is 15.5. The Bertz CT molecular complexity index is 365. The first kappa shape index (κ1) is 16.9. The number of hydrogen-bond donors (Lipinski definition) is 1. The summed E-state index contributed by atoms with van der Waals surface area (Å²) in [6.45, 7) is 8.48. The van der Waals surface area contributed by atoms with E-state index in [4.69, 9.17) is 15.2 Å². The maximum absolute atomic E-state index is 12.1. The van der Waals surface area contributed by atoms with Gasteiger partial charge in [0.2, 0.25) is 0 Å². The smallest absolute Gasteiger partial charge is 0.312 e. The minimum atomic E-state index is -0.510. The van der Waals surface area contributed by atoms with E-state index in [9.17, 15) is 9.59 Å². The van der Waals surface area contributed by atoms with Gasteiger partial charge in [0.15, 0.2) is 0 Å². The Balaban J connectivity index is 2.57. The number of esters is 2. The summed E-state index contributed by atoms with van der Waals surface area (Å²) in [5.41, 5.74) is 5.60. The van der Waals surface area contributed by atoms with E-state index in [0.29, 0.717) is 19.5 Å². The van der Waals surface area contributed by atoms with Crippen LogP contribution in [0.5, 0.6) is 0 Å². The van der Waals surface area contributed by atoms with Gasteiger partial charge in [-0.1, -0.05) is 6.92 Å². The number of rotatable bonds is 4. The molecule has 1 aliphatic rings. The summed E-state index contributed by atoms with van der Waals surface area (Å²) in [6.07, 6.45) is 0.251. The predicted octanol–water partition coefficient (Wildman–Crippen LogP) is 0.744. The lowest BCUT2D eigenvalue weighted by Crippen LogP contribution is -2.46. The molecule has 0 aliphatic carbocycles. The van der Waals surface area contributed by atoms with E-state index in [1.165, 1.54) is 7.11 Å². The Morgan fingerprint density at radius 1 is 1.40 bits per heavy atom. The molecular weight excluding hydrogens is 260 g/mol. The van der Waals surface area contributed by atoms with Crippen LogP contribution in [-0.4, -0.2) is 48.8 Å². The molecule has 1 aliphatic heterocycles. The molecule has 3 unspecified atom stereocenters. The first-order chi connectivity index (χ1) is 9.15. The molecule has 6 heteroatoms. The number of hydrogen-bond acceptors (Lipinski definition) is 6. The fourth-order valence-corrected chi connectivity index (χ4v) is 2.35. The lowest BCUT2D eigenvalue weighted by molar-refractivity contribution is -0.160. The van der Waals surface area contributed by atoms with Crippen molar-refractivity contribution in [2.24, 2.45) is 17.6 Å². The van der Waals surface area contributed by atoms with Crippen LogP contribution in [-0.2, 0) is 19.1 Å². The highest BCUT2D eigenvalue weighted by Crippen LogP contribution is 2.25. The Morgan fingerprint density at radius 2 is 2.00 bits per heavy atom. The van der Waals surface area contributed by atoms with Crippen molar-refractivity contribution >= 4 is 11.9 Å². The number of ether oxygens (including phenoxy) is 2. The van der Waals surface area contributed by atoms with Crippen LogP contribution < -0.4 is 5.73 Å². The lowest BCUT2D eigenvalue weighted by Gasteiger charge is -2.27. The molecule has 1 rings (SSSR count). The molecule has 0 aromatic rings. The van der Waals surface area contributed by atoms with Crippen molar-refractivity contribution in [1.29, 1.82) is 0 Å². The summed E-state index contributed by atoms with van der Waals surface area (Å²) in [5.74, 6) is -1.13. The average molecular weight is 286 g/mol. The second-order valence-electron chi connectivity index (χ2n) is 6.34. The van der Waals surface area contributed by atoms with Gasteiger partial charge in [-0.15, -0.1) is 0 Å². The van der Waals surface area contributed by atoms with Crippen LogP contribution >= 0.6 is 0 Å². The lowest BCUT2D eigenvalue weighted by atomic mass is 10.1. The molecule has 1 heterocycles. The van der Waals surface area contributed by atoms with Crippen LogP contribution in [0.15, 0.2) is 0 Å². The molecule has 6 nitrogen and oxygen atoms in total. The Kier molecular flexibility index (Phi) is 5.53. The summed E-state index contributed by atoms with van der Waals surface area (Å²) in [4.78, 5) is 25.4. The van der Waals surface area contributed by atoms with Crippen molar-refractivity contribution in [2.45, 2.75) is 45.9 Å². The van der Waals surface area contributed by atoms with Gasteiger partial charge >= 0.3 is 11.9 Å². The SMILES string of the molecule is COC(=O)C(C)CN1CCC(C(=O)OC(C)(C)C)C1N. The van der Waals surface area contributed by atoms with Gasteiger partial charge in [0.1, 0.15) is 5.60 Å². The standard InChI is InChI=1S/C14H26N2O4/c1-9(12(17)19-5)8-16-7-6-10(11(16)15)13(18)20-14(2,3)4/h9-11H,6-8,15H2,1-5H3. The van der Waals surface area contributed by atoms with Gasteiger partial charge in [-0.25, -0.2) is 0 Å². The highest BCUT2D eigenvalue weighted by molar-refractivity contribution is 5.74. The number of carbonyl (C=O) groups is 2. The monoisotopic (exact) mass is 286 g/mol. The first-order valence-electron chi connectivity index (χ1n) is 6.96. The van der Waals surface area contributed by atoms with Crippen LogP contribution in [0, 0.1) is 11.8 Å². The van der Waals surface area contributed by atoms with E-state index < -0.39 is 11.8 Å². The molecule has 0 saturated carbocycles. The third-order valence-corrected chi connectivity index (χ3v) is 3.38. The van der Waals surface area contributed by atoms with Crippen LogP contribution in [0.25, 0.3) is 0 Å². The normalized spacial score (nSPS) is 25.3. The van der Waals surface area contributed by atoms with E-state index in [-0.39, 0.29) is 23.8 Å². The molecule has 0 amide bonds. The molecule has 1 fully saturated rings. The third-order valence-electron chi connectivity index (χ3n) is 3.38. The maximum Gasteiger partial charge on any atom is 0.312 e. The molecule has 0 aromatic carbocycles. The minimum Gasteiger partial charge on any atom is -0.469 e. The van der Waals surface area contributed by atoms with Crippen molar-refractivity contribution in [3.8, 4) is 0 Å². The fraction of sp³-hybridized carbons (Fsp3) is 0.857. The highest BCUT2D eigenvalue weighted by atomic mass is 16.6. The third kappa shape index (κ3) is 4.45. The Labute approximate surface area is 120 Å². The number of nitrogens with two attached hydrogens (primary N) is 1. The number of carbonyl (C=O) groups excluding carboxylic acids is 2. The van der Waals surface area contributed by atoms with Crippen molar-refractivity contribution in [1.82, 2.24) is 4.90 Å². The van der Waals surface area contributed by atoms with E-state index in [0.717, 1.165) is 0 Å². The van der Waals surface area contributed by atoms with Crippen molar-refractivity contribution in [3.63, 3.8) is 0 Å². The van der Waals surface area contributed by atoms with Gasteiger partial charge in [0, 0.05) is 13.1 Å². The quantitative estimate of drug-likeness (QED) is 0.768. The molecule has 0 bridgehead atoms. The zero-order valence-electron chi connectivity index (χ0n) is 13.0. The van der Waals surface area contributed by atoms with Crippen LogP contribution in [0.4, 0.5) is 0 Å². The van der Waals surface area contributed by atoms with Crippen LogP contribution in [0.1, 0.15) is 34.1 Å². The second kappa shape index (κ2) is 6.54. The van der Waals surface area contributed by atoms with Gasteiger partial charge < -0.3 is 15.2 Å². The maximum atomic E-state index is 12.1. The summed E-state index contributed by atoms with van der Waals surface area (Å²) >= 11 is 0. The van der Waals surface area contributed by atoms with Gasteiger partial charge in [0.05, 0.1) is 25.1 Å². The molecule has 3 atom stereocenters. The van der Waals surface area contributed by atoms with E-state index in [1.54, 1.807) is 6.92 Å². The number of nitrogens with zero attached hydrogens (tertiary/aromatic N) is 1. The predicted molar refractivity (Wildman–Crippen MR) is 74.7 cm³/mol. The Hall–Kier alpha value is -1.14. The summed E-state index contributed by atoms with van der Waals surface area (Å²) in [5, 5.41) is 0. The first-order valence-corrected chi connectivity index (χ1v) is 6.96. The molecule has 0 aromatic heterocycles. The second-order valence-corrected chi connectivity index (χ2v) is 6.34. The van der Waals surface area contributed by atoms with Crippen LogP contribution in [0.2, 0.25) is 0 Å². The average Bonchev–Trinajstić information content (AvgIpc) is 2.68. The topological polar surface area (TPSA) is 81.9 Å². The molecule has 0 radical (unpaired) electrons. The number of methoxy groups -OCH3 is 1. The van der Waals surface area contributed by atoms with E-state index in [2.05, 4.69) is 0 Å². The molecule has 20 heavy (non-hydrogen) atoms. The zero-order valence-corrected chi connectivity index (χ0v) is 13.0. The summed E-state index contributed by atoms with van der Waals surface area (Å²) in [6, 6.07) is 0. The van der Waals surface area contributed by atoms with Crippen molar-refractivity contribution in [3.05, 3.63) is 0 Å². The minimum absolute atomic E-state index is 0.261. The van der Waals surface area contributed by atoms with E-state index >= 15 is 0 Å². The summed E-state index contributed by atoms with van der Waals surface area (Å²) < 4.78 is 10.1. The highest BCUT2D eigenvalue weighted by Gasteiger charge is 2.39. The van der Waals surface area contributed by atoms with Gasteiger partial charge in [-0.05, 0) is 27.2 Å². The van der Waals surface area contributed by atoms with Crippen LogP contribution in [0.3, 0.4) is 0 Å². The van der Waals surface area contributed by atoms with Gasteiger partial charge in [0.25, 0.3) is 0 Å².